The van der Waals surface area contributed by atoms with E-state index in [9.17, 15) is 18.0 Å². The fourth-order valence-corrected chi connectivity index (χ4v) is 5.71. The highest BCUT2D eigenvalue weighted by molar-refractivity contribution is 5.93. The highest BCUT2D eigenvalue weighted by Gasteiger charge is 2.51. The van der Waals surface area contributed by atoms with Gasteiger partial charge in [-0.2, -0.15) is 18.3 Å². The monoisotopic (exact) mass is 556 g/mol. The number of alkyl halides is 3. The number of amides is 1. The number of carbonyl (C=O) groups excluding carboxylic acids is 1. The number of likely N-dealkylation sites (tertiary alicyclic amines) is 1. The van der Waals surface area contributed by atoms with Gasteiger partial charge in [-0.05, 0) is 65.0 Å². The lowest BCUT2D eigenvalue weighted by atomic mass is 9.61. The molecule has 4 rings (SSSR count). The minimum Gasteiger partial charge on any atom is -0.382 e. The van der Waals surface area contributed by atoms with E-state index in [4.69, 9.17) is 0 Å². The molecule has 2 N–H and O–H groups in total. The Kier molecular flexibility index (Phi) is 8.04. The van der Waals surface area contributed by atoms with Gasteiger partial charge in [-0.3, -0.25) is 14.5 Å². The quantitative estimate of drug-likeness (QED) is 0.390. The van der Waals surface area contributed by atoms with Crippen LogP contribution in [0.2, 0.25) is 0 Å². The van der Waals surface area contributed by atoms with Gasteiger partial charge in [0.25, 0.3) is 5.91 Å². The Morgan fingerprint density at radius 2 is 1.90 bits per heavy atom. The molecule has 0 unspecified atom stereocenters. The Labute approximate surface area is 234 Å². The SMILES string of the molecule is C=Cc1c(C(=C)NC2CC3(C2)CN(C)C3)cc(CCCNC(=O)c2cnn(C(C)(C)C)c2)nc1C(=C)C(F)(F)F. The molecule has 10 heteroatoms. The van der Waals surface area contributed by atoms with Crippen LogP contribution >= 0.6 is 0 Å². The molecular weight excluding hydrogens is 517 g/mol. The van der Waals surface area contributed by atoms with Gasteiger partial charge in [0.2, 0.25) is 0 Å². The third kappa shape index (κ3) is 6.32. The normalized spacial score (nSPS) is 17.2. The van der Waals surface area contributed by atoms with Crippen molar-refractivity contribution in [2.75, 3.05) is 26.7 Å². The molecule has 0 atom stereocenters. The van der Waals surface area contributed by atoms with E-state index in [1.54, 1.807) is 16.9 Å². The van der Waals surface area contributed by atoms with Crippen molar-refractivity contribution < 1.29 is 18.0 Å². The number of allylic oxidation sites excluding steroid dienone is 1. The standard InChI is InChI=1S/C30H39F3N6O/c1-8-24-25(20(3)36-23-13-29(14-23)17-38(7)18-29)12-22(37-26(24)19(2)30(31,32)33)10-9-11-34-27(40)21-15-35-39(16-21)28(4,5)6/h8,12,15-16,23,36H,1-3,9-11,13-14,17-18H2,4-7H3,(H,34,40). The summed E-state index contributed by atoms with van der Waals surface area (Å²) in [6.07, 6.45) is 2.80. The summed E-state index contributed by atoms with van der Waals surface area (Å²) in [6, 6.07) is 1.99. The van der Waals surface area contributed by atoms with Crippen molar-refractivity contribution in [1.29, 1.82) is 0 Å². The Balaban J connectivity index is 1.45. The molecule has 7 nitrogen and oxygen atoms in total. The number of pyridine rings is 1. The van der Waals surface area contributed by atoms with Gasteiger partial charge in [-0.1, -0.05) is 25.8 Å². The highest BCUT2D eigenvalue weighted by atomic mass is 19.4. The van der Waals surface area contributed by atoms with E-state index in [-0.39, 0.29) is 28.7 Å². The highest BCUT2D eigenvalue weighted by Crippen LogP contribution is 2.48. The molecule has 1 aliphatic heterocycles. The molecule has 3 heterocycles. The molecule has 1 spiro atoms. The van der Waals surface area contributed by atoms with Gasteiger partial charge >= 0.3 is 6.18 Å². The van der Waals surface area contributed by atoms with Crippen molar-refractivity contribution in [2.24, 2.45) is 5.41 Å². The predicted molar refractivity (Wildman–Crippen MR) is 152 cm³/mol. The van der Waals surface area contributed by atoms with Crippen LogP contribution in [-0.4, -0.2) is 64.5 Å². The zero-order valence-electron chi connectivity index (χ0n) is 23.8. The van der Waals surface area contributed by atoms with E-state index >= 15 is 0 Å². The number of rotatable bonds is 10. The maximum atomic E-state index is 13.7. The van der Waals surface area contributed by atoms with Gasteiger partial charge < -0.3 is 15.5 Å². The summed E-state index contributed by atoms with van der Waals surface area (Å²) in [5, 5.41) is 10.5. The smallest absolute Gasteiger partial charge is 0.382 e. The molecule has 1 amide bonds. The first kappa shape index (κ1) is 29.6. The average Bonchev–Trinajstić information content (AvgIpc) is 3.34. The van der Waals surface area contributed by atoms with E-state index < -0.39 is 11.7 Å². The molecule has 2 aliphatic rings. The van der Waals surface area contributed by atoms with E-state index in [0.29, 0.717) is 47.3 Å². The van der Waals surface area contributed by atoms with Gasteiger partial charge in [0, 0.05) is 54.4 Å². The number of aromatic nitrogens is 3. The molecule has 0 aromatic carbocycles. The Hall–Kier alpha value is -3.40. The molecular formula is C30H39F3N6O. The molecule has 2 fully saturated rings. The summed E-state index contributed by atoms with van der Waals surface area (Å²) in [5.74, 6) is -0.259. The third-order valence-corrected chi connectivity index (χ3v) is 7.64. The van der Waals surface area contributed by atoms with E-state index in [1.807, 2.05) is 20.8 Å². The van der Waals surface area contributed by atoms with Crippen LogP contribution in [0.25, 0.3) is 17.3 Å². The second kappa shape index (κ2) is 10.9. The van der Waals surface area contributed by atoms with Crippen molar-refractivity contribution >= 4 is 23.3 Å². The summed E-state index contributed by atoms with van der Waals surface area (Å²) >= 11 is 0. The summed E-state index contributed by atoms with van der Waals surface area (Å²) in [6.45, 7) is 19.7. The van der Waals surface area contributed by atoms with Crippen molar-refractivity contribution in [2.45, 2.75) is 64.2 Å². The van der Waals surface area contributed by atoms with E-state index in [2.05, 4.69) is 52.4 Å². The molecule has 2 aromatic rings. The third-order valence-electron chi connectivity index (χ3n) is 7.64. The Morgan fingerprint density at radius 3 is 2.45 bits per heavy atom. The number of nitrogens with one attached hydrogen (secondary N) is 2. The molecule has 1 saturated carbocycles. The van der Waals surface area contributed by atoms with E-state index in [0.717, 1.165) is 25.9 Å². The number of hydrogen-bond acceptors (Lipinski definition) is 5. The first-order chi connectivity index (χ1) is 18.6. The lowest BCUT2D eigenvalue weighted by molar-refractivity contribution is -0.0689. The lowest BCUT2D eigenvalue weighted by Crippen LogP contribution is -2.64. The van der Waals surface area contributed by atoms with Gasteiger partial charge in [0.1, 0.15) is 0 Å². The summed E-state index contributed by atoms with van der Waals surface area (Å²) in [7, 11) is 2.10. The largest absolute Gasteiger partial charge is 0.417 e. The summed E-state index contributed by atoms with van der Waals surface area (Å²) < 4.78 is 42.9. The van der Waals surface area contributed by atoms with Crippen LogP contribution in [0.3, 0.4) is 0 Å². The van der Waals surface area contributed by atoms with Crippen LogP contribution in [0.5, 0.6) is 0 Å². The van der Waals surface area contributed by atoms with Crippen LogP contribution in [0.15, 0.2) is 38.2 Å². The molecule has 40 heavy (non-hydrogen) atoms. The number of aryl methyl sites for hydroxylation is 1. The molecule has 1 saturated heterocycles. The zero-order valence-corrected chi connectivity index (χ0v) is 23.8. The maximum Gasteiger partial charge on any atom is 0.417 e. The Bertz CT molecular complexity index is 1310. The summed E-state index contributed by atoms with van der Waals surface area (Å²) in [5.41, 5.74) is 1.08. The first-order valence-electron chi connectivity index (χ1n) is 13.5. The van der Waals surface area contributed by atoms with Crippen LogP contribution in [0.1, 0.15) is 72.9 Å². The minimum absolute atomic E-state index is 0.225. The van der Waals surface area contributed by atoms with Crippen molar-refractivity contribution in [3.05, 3.63) is 66.3 Å². The second-order valence-electron chi connectivity index (χ2n) is 12.2. The predicted octanol–water partition coefficient (Wildman–Crippen LogP) is 5.27. The molecule has 216 valence electrons. The van der Waals surface area contributed by atoms with Gasteiger partial charge in [0.05, 0.1) is 28.6 Å². The van der Waals surface area contributed by atoms with Gasteiger partial charge in [-0.25, -0.2) is 0 Å². The minimum atomic E-state index is -4.64. The fourth-order valence-electron chi connectivity index (χ4n) is 5.71. The van der Waals surface area contributed by atoms with Gasteiger partial charge in [-0.15, -0.1) is 0 Å². The topological polar surface area (TPSA) is 75.1 Å². The number of halogens is 3. The first-order valence-corrected chi connectivity index (χ1v) is 13.5. The lowest BCUT2D eigenvalue weighted by Gasteiger charge is -2.58. The van der Waals surface area contributed by atoms with Crippen molar-refractivity contribution in [3.8, 4) is 0 Å². The van der Waals surface area contributed by atoms with Crippen LogP contribution in [-0.2, 0) is 12.0 Å². The number of hydrogen-bond donors (Lipinski definition) is 2. The molecule has 1 aliphatic carbocycles. The second-order valence-corrected chi connectivity index (χ2v) is 12.2. The zero-order chi connectivity index (χ0) is 29.5. The Morgan fingerprint density at radius 1 is 1.23 bits per heavy atom. The molecule has 0 bridgehead atoms. The fraction of sp³-hybridized carbons (Fsp3) is 0.500. The van der Waals surface area contributed by atoms with Crippen LogP contribution < -0.4 is 10.6 Å². The molecule has 2 aromatic heterocycles. The maximum absolute atomic E-state index is 13.7. The van der Waals surface area contributed by atoms with Crippen LogP contribution in [0, 0.1) is 5.41 Å². The van der Waals surface area contributed by atoms with Crippen molar-refractivity contribution in [3.63, 3.8) is 0 Å². The number of carbonyl (C=O) groups is 1. The number of nitrogens with zero attached hydrogens (tertiary/aromatic N) is 4. The van der Waals surface area contributed by atoms with Gasteiger partial charge in [0.15, 0.2) is 0 Å². The summed E-state index contributed by atoms with van der Waals surface area (Å²) in [4.78, 5) is 19.2. The van der Waals surface area contributed by atoms with Crippen LogP contribution in [0.4, 0.5) is 13.2 Å². The molecule has 0 radical (unpaired) electrons. The van der Waals surface area contributed by atoms with Crippen molar-refractivity contribution in [1.82, 2.24) is 30.3 Å². The van der Waals surface area contributed by atoms with E-state index in [1.165, 1.54) is 12.3 Å². The average molecular weight is 557 g/mol.